The van der Waals surface area contributed by atoms with Crippen molar-refractivity contribution in [3.05, 3.63) is 35.9 Å². The van der Waals surface area contributed by atoms with Gasteiger partial charge >= 0.3 is 12.0 Å². The van der Waals surface area contributed by atoms with Gasteiger partial charge in [0.1, 0.15) is 12.2 Å². The summed E-state index contributed by atoms with van der Waals surface area (Å²) in [7, 11) is 0. The van der Waals surface area contributed by atoms with E-state index in [9.17, 15) is 24.3 Å². The standard InChI is InChI=1S/C26H33N5O5.C2H6/c1-2-15-28-18-23(32)30-21(13-14-24(33)34)25(35)29(20-11-7-4-8-12-20)17-22(30)31(28)26(36)27-16-19-9-5-3-6-10-19;1-2/h1,3,5-6,9-10,20-22H,4,7-8,11-18H2,(H,27,36)(H,33,34);1-2H3/t21?,22-;/m0./s1. The summed E-state index contributed by atoms with van der Waals surface area (Å²) in [6, 6.07) is 8.11. The van der Waals surface area contributed by atoms with Gasteiger partial charge in [0.05, 0.1) is 19.6 Å². The number of hydrogen-bond donors (Lipinski definition) is 2. The Morgan fingerprint density at radius 1 is 1.11 bits per heavy atom. The molecule has 2 aliphatic heterocycles. The number of carbonyl (C=O) groups is 4. The van der Waals surface area contributed by atoms with Crippen LogP contribution in [0.1, 0.15) is 64.4 Å². The van der Waals surface area contributed by atoms with Gasteiger partial charge in [-0.3, -0.25) is 14.4 Å². The first kappa shape index (κ1) is 29.0. The monoisotopic (exact) mass is 525 g/mol. The van der Waals surface area contributed by atoms with Crippen LogP contribution in [0.3, 0.4) is 0 Å². The van der Waals surface area contributed by atoms with E-state index in [0.29, 0.717) is 0 Å². The van der Waals surface area contributed by atoms with E-state index in [1.807, 2.05) is 44.2 Å². The van der Waals surface area contributed by atoms with Crippen molar-refractivity contribution in [2.75, 3.05) is 19.6 Å². The predicted molar refractivity (Wildman–Crippen MR) is 142 cm³/mol. The van der Waals surface area contributed by atoms with Gasteiger partial charge in [-0.05, 0) is 24.8 Å². The van der Waals surface area contributed by atoms with Crippen LogP contribution in [0, 0.1) is 12.3 Å². The van der Waals surface area contributed by atoms with Gasteiger partial charge in [-0.2, -0.15) is 5.01 Å². The van der Waals surface area contributed by atoms with Crippen molar-refractivity contribution in [1.82, 2.24) is 25.1 Å². The molecule has 0 radical (unpaired) electrons. The number of fused-ring (bicyclic) bond motifs is 1. The summed E-state index contributed by atoms with van der Waals surface area (Å²) in [6.45, 7) is 4.33. The number of carboxylic acids is 1. The molecule has 2 atom stereocenters. The Hall–Kier alpha value is -3.58. The van der Waals surface area contributed by atoms with Crippen molar-refractivity contribution < 1.29 is 24.3 Å². The molecule has 0 bridgehead atoms. The summed E-state index contributed by atoms with van der Waals surface area (Å²) in [6.07, 6.45) is 9.37. The van der Waals surface area contributed by atoms with Gasteiger partial charge in [-0.15, -0.1) is 6.42 Å². The lowest BCUT2D eigenvalue weighted by Gasteiger charge is -2.56. The van der Waals surface area contributed by atoms with Crippen LogP contribution in [0.15, 0.2) is 30.3 Å². The van der Waals surface area contributed by atoms with Crippen LogP contribution < -0.4 is 5.32 Å². The van der Waals surface area contributed by atoms with Crippen molar-refractivity contribution in [1.29, 1.82) is 0 Å². The Kier molecular flexibility index (Phi) is 10.5. The van der Waals surface area contributed by atoms with Gasteiger partial charge in [-0.25, -0.2) is 9.80 Å². The van der Waals surface area contributed by atoms with E-state index in [1.54, 1.807) is 4.90 Å². The molecule has 1 aromatic carbocycles. The number of nitrogens with zero attached hydrogens (tertiary/aromatic N) is 4. The third-order valence-electron chi connectivity index (χ3n) is 7.19. The van der Waals surface area contributed by atoms with Crippen LogP contribution in [0.25, 0.3) is 0 Å². The molecule has 1 aromatic rings. The van der Waals surface area contributed by atoms with Crippen LogP contribution in [-0.4, -0.2) is 86.6 Å². The van der Waals surface area contributed by atoms with Crippen molar-refractivity contribution in [2.24, 2.45) is 0 Å². The molecule has 2 heterocycles. The molecule has 206 valence electrons. The minimum absolute atomic E-state index is 0.00571. The van der Waals surface area contributed by atoms with Crippen LogP contribution in [0.2, 0.25) is 0 Å². The highest BCUT2D eigenvalue weighted by Crippen LogP contribution is 2.32. The average Bonchev–Trinajstić information content (AvgIpc) is 2.93. The van der Waals surface area contributed by atoms with Crippen LogP contribution in [-0.2, 0) is 20.9 Å². The lowest BCUT2D eigenvalue weighted by molar-refractivity contribution is -0.192. The Morgan fingerprint density at radius 2 is 1.79 bits per heavy atom. The Labute approximate surface area is 224 Å². The van der Waals surface area contributed by atoms with E-state index < -0.39 is 24.2 Å². The number of terminal acetylenes is 1. The molecule has 1 unspecified atom stereocenters. The lowest BCUT2D eigenvalue weighted by atomic mass is 9.91. The number of urea groups is 1. The molecule has 3 aliphatic rings. The second-order valence-corrected chi connectivity index (χ2v) is 9.53. The molecular formula is C28H39N5O5. The van der Waals surface area contributed by atoms with E-state index >= 15 is 0 Å². The van der Waals surface area contributed by atoms with E-state index in [4.69, 9.17) is 6.42 Å². The minimum atomic E-state index is -1.04. The maximum absolute atomic E-state index is 13.6. The molecule has 2 N–H and O–H groups in total. The third-order valence-corrected chi connectivity index (χ3v) is 7.19. The SMILES string of the molecule is C#CCN1CC(=O)N2C(CCC(=O)O)C(=O)N(C3CCCCC3)C[C@@H]2N1C(=O)NCc1ccccc1.CC. The first-order chi connectivity index (χ1) is 18.4. The number of hydrazine groups is 1. The third kappa shape index (κ3) is 6.64. The predicted octanol–water partition coefficient (Wildman–Crippen LogP) is 2.65. The number of carboxylic acid groups (broad SMARTS) is 1. The Morgan fingerprint density at radius 3 is 2.42 bits per heavy atom. The van der Waals surface area contributed by atoms with Crippen LogP contribution >= 0.6 is 0 Å². The minimum Gasteiger partial charge on any atom is -0.481 e. The molecule has 4 amide bonds. The van der Waals surface area contributed by atoms with Gasteiger partial charge in [0.25, 0.3) is 0 Å². The van der Waals surface area contributed by atoms with E-state index in [-0.39, 0.29) is 56.9 Å². The number of amides is 4. The zero-order valence-corrected chi connectivity index (χ0v) is 22.3. The summed E-state index contributed by atoms with van der Waals surface area (Å²) in [5.41, 5.74) is 0.918. The van der Waals surface area contributed by atoms with Crippen molar-refractivity contribution in [2.45, 2.75) is 83.6 Å². The summed E-state index contributed by atoms with van der Waals surface area (Å²) in [4.78, 5) is 55.0. The molecule has 0 spiro atoms. The van der Waals surface area contributed by atoms with E-state index in [0.717, 1.165) is 37.7 Å². The first-order valence-corrected chi connectivity index (χ1v) is 13.5. The van der Waals surface area contributed by atoms with Crippen LogP contribution in [0.5, 0.6) is 0 Å². The molecule has 1 saturated carbocycles. The number of rotatable bonds is 7. The quantitative estimate of drug-likeness (QED) is 0.529. The number of aliphatic carboxylic acids is 1. The largest absolute Gasteiger partial charge is 0.481 e. The highest BCUT2D eigenvalue weighted by Gasteiger charge is 2.52. The Bertz CT molecular complexity index is 1020. The fourth-order valence-electron chi connectivity index (χ4n) is 5.51. The maximum atomic E-state index is 13.6. The van der Waals surface area contributed by atoms with Gasteiger partial charge in [0.15, 0.2) is 0 Å². The molecule has 38 heavy (non-hydrogen) atoms. The summed E-state index contributed by atoms with van der Waals surface area (Å²) >= 11 is 0. The second kappa shape index (κ2) is 13.8. The van der Waals surface area contributed by atoms with Gasteiger partial charge in [-0.1, -0.05) is 69.4 Å². The molecular weight excluding hydrogens is 486 g/mol. The number of nitrogens with one attached hydrogen (secondary N) is 1. The number of piperazine rings is 1. The number of hydrogen-bond acceptors (Lipinski definition) is 5. The zero-order chi connectivity index (χ0) is 27.7. The fraction of sp³-hybridized carbons (Fsp3) is 0.571. The molecule has 2 saturated heterocycles. The topological polar surface area (TPSA) is 114 Å². The maximum Gasteiger partial charge on any atom is 0.334 e. The van der Waals surface area contributed by atoms with Gasteiger partial charge in [0, 0.05) is 19.0 Å². The van der Waals surface area contributed by atoms with Crippen LogP contribution in [0.4, 0.5) is 4.79 Å². The molecule has 1 aliphatic carbocycles. The van der Waals surface area contributed by atoms with Gasteiger partial charge in [0.2, 0.25) is 11.8 Å². The van der Waals surface area contributed by atoms with Crippen molar-refractivity contribution in [3.63, 3.8) is 0 Å². The lowest BCUT2D eigenvalue weighted by Crippen LogP contribution is -2.77. The number of benzene rings is 1. The number of carbonyl (C=O) groups excluding carboxylic acids is 3. The van der Waals surface area contributed by atoms with E-state index in [2.05, 4.69) is 11.2 Å². The summed E-state index contributed by atoms with van der Waals surface area (Å²) < 4.78 is 0. The normalized spacial score (nSPS) is 22.2. The molecule has 10 heteroatoms. The van der Waals surface area contributed by atoms with Crippen molar-refractivity contribution >= 4 is 23.8 Å². The van der Waals surface area contributed by atoms with E-state index in [1.165, 1.54) is 14.9 Å². The molecule has 4 rings (SSSR count). The second-order valence-electron chi connectivity index (χ2n) is 9.53. The molecule has 10 nitrogen and oxygen atoms in total. The first-order valence-electron chi connectivity index (χ1n) is 13.5. The highest BCUT2D eigenvalue weighted by atomic mass is 16.4. The summed E-state index contributed by atoms with van der Waals surface area (Å²) in [5, 5.41) is 15.2. The molecule has 3 fully saturated rings. The average molecular weight is 526 g/mol. The van der Waals surface area contributed by atoms with Crippen molar-refractivity contribution in [3.8, 4) is 12.3 Å². The Balaban J connectivity index is 0.00000195. The fourth-order valence-corrected chi connectivity index (χ4v) is 5.51. The smallest absolute Gasteiger partial charge is 0.334 e. The highest BCUT2D eigenvalue weighted by molar-refractivity contribution is 5.92. The van der Waals surface area contributed by atoms with Gasteiger partial charge < -0.3 is 20.2 Å². The molecule has 0 aromatic heterocycles. The zero-order valence-electron chi connectivity index (χ0n) is 22.3. The summed E-state index contributed by atoms with van der Waals surface area (Å²) in [5.74, 6) is 0.913.